The smallest absolute Gasteiger partial charge is 0.196 e. The fourth-order valence-corrected chi connectivity index (χ4v) is 3.46. The fraction of sp³-hybridized carbons (Fsp3) is 0.348. The van der Waals surface area contributed by atoms with Crippen molar-refractivity contribution in [1.29, 1.82) is 0 Å². The van der Waals surface area contributed by atoms with Crippen molar-refractivity contribution < 1.29 is 4.42 Å². The van der Waals surface area contributed by atoms with Crippen molar-refractivity contribution in [3.63, 3.8) is 0 Å². The van der Waals surface area contributed by atoms with E-state index in [2.05, 4.69) is 24.8 Å². The molecule has 1 heterocycles. The SMILES string of the molecule is CCCN(CCC)Cc1ccc2oc(-c3ccccc3)c(C)c(=O)c2c1. The Bertz CT molecular complexity index is 922. The highest BCUT2D eigenvalue weighted by Gasteiger charge is 2.13. The minimum atomic E-state index is 0.0597. The molecule has 3 nitrogen and oxygen atoms in total. The zero-order valence-corrected chi connectivity index (χ0v) is 15.9. The van der Waals surface area contributed by atoms with Gasteiger partial charge in [0, 0.05) is 17.7 Å². The molecule has 3 rings (SSSR count). The number of hydrogen-bond donors (Lipinski definition) is 0. The first-order valence-electron chi connectivity index (χ1n) is 9.48. The summed E-state index contributed by atoms with van der Waals surface area (Å²) >= 11 is 0. The summed E-state index contributed by atoms with van der Waals surface area (Å²) in [6.45, 7) is 9.27. The van der Waals surface area contributed by atoms with E-state index in [-0.39, 0.29) is 5.43 Å². The Morgan fingerprint density at radius 2 is 1.65 bits per heavy atom. The highest BCUT2D eigenvalue weighted by Crippen LogP contribution is 2.26. The van der Waals surface area contributed by atoms with Crippen LogP contribution in [0.3, 0.4) is 0 Å². The Hall–Kier alpha value is -2.39. The lowest BCUT2D eigenvalue weighted by Gasteiger charge is -2.21. The third kappa shape index (κ3) is 3.88. The Balaban J connectivity index is 2.01. The molecule has 3 heteroatoms. The molecule has 0 aliphatic carbocycles. The van der Waals surface area contributed by atoms with E-state index in [4.69, 9.17) is 4.42 Å². The molecule has 2 aromatic carbocycles. The molecule has 136 valence electrons. The maximum atomic E-state index is 12.9. The minimum absolute atomic E-state index is 0.0597. The van der Waals surface area contributed by atoms with Crippen LogP contribution in [-0.4, -0.2) is 18.0 Å². The zero-order valence-electron chi connectivity index (χ0n) is 15.9. The van der Waals surface area contributed by atoms with Crippen molar-refractivity contribution in [2.45, 2.75) is 40.2 Å². The predicted molar refractivity (Wildman–Crippen MR) is 109 cm³/mol. The lowest BCUT2D eigenvalue weighted by Crippen LogP contribution is -2.25. The quantitative estimate of drug-likeness (QED) is 0.573. The minimum Gasteiger partial charge on any atom is -0.456 e. The van der Waals surface area contributed by atoms with Crippen LogP contribution in [0.5, 0.6) is 0 Å². The van der Waals surface area contributed by atoms with Crippen LogP contribution in [0.1, 0.15) is 37.8 Å². The van der Waals surface area contributed by atoms with Crippen molar-refractivity contribution in [1.82, 2.24) is 4.90 Å². The molecule has 1 aromatic heterocycles. The molecule has 0 N–H and O–H groups in total. The molecule has 0 saturated carbocycles. The first-order valence-corrected chi connectivity index (χ1v) is 9.48. The molecule has 0 unspecified atom stereocenters. The topological polar surface area (TPSA) is 33.5 Å². The van der Waals surface area contributed by atoms with Gasteiger partial charge in [0.2, 0.25) is 0 Å². The van der Waals surface area contributed by atoms with Gasteiger partial charge in [0.05, 0.1) is 5.39 Å². The molecule has 0 fully saturated rings. The average molecular weight is 349 g/mol. The number of rotatable bonds is 7. The van der Waals surface area contributed by atoms with Gasteiger partial charge < -0.3 is 4.42 Å². The maximum absolute atomic E-state index is 12.9. The van der Waals surface area contributed by atoms with Gasteiger partial charge in [0.25, 0.3) is 0 Å². The normalized spacial score (nSPS) is 11.4. The average Bonchev–Trinajstić information content (AvgIpc) is 2.66. The van der Waals surface area contributed by atoms with Crippen LogP contribution < -0.4 is 5.43 Å². The largest absolute Gasteiger partial charge is 0.456 e. The standard InChI is InChI=1S/C23H27NO2/c1-4-13-24(14-5-2)16-18-11-12-21-20(15-18)22(25)17(3)23(26-21)19-9-7-6-8-10-19/h6-12,15H,4-5,13-14,16H2,1-3H3. The van der Waals surface area contributed by atoms with E-state index in [0.29, 0.717) is 22.3 Å². The third-order valence-corrected chi connectivity index (χ3v) is 4.70. The van der Waals surface area contributed by atoms with Crippen molar-refractivity contribution in [2.75, 3.05) is 13.1 Å². The van der Waals surface area contributed by atoms with Gasteiger partial charge in [-0.3, -0.25) is 9.69 Å². The number of benzene rings is 2. The van der Waals surface area contributed by atoms with Gasteiger partial charge >= 0.3 is 0 Å². The predicted octanol–water partition coefficient (Wildman–Crippen LogP) is 5.39. The van der Waals surface area contributed by atoms with E-state index in [0.717, 1.165) is 38.0 Å². The van der Waals surface area contributed by atoms with Gasteiger partial charge in [-0.05, 0) is 50.6 Å². The summed E-state index contributed by atoms with van der Waals surface area (Å²) in [5.41, 5.74) is 3.48. The van der Waals surface area contributed by atoms with Gasteiger partial charge in [-0.15, -0.1) is 0 Å². The molecule has 0 bridgehead atoms. The molecule has 26 heavy (non-hydrogen) atoms. The van der Waals surface area contributed by atoms with Crippen molar-refractivity contribution >= 4 is 11.0 Å². The van der Waals surface area contributed by atoms with E-state index in [1.807, 2.05) is 49.4 Å². The second-order valence-corrected chi connectivity index (χ2v) is 6.86. The monoisotopic (exact) mass is 349 g/mol. The molecule has 0 atom stereocenters. The van der Waals surface area contributed by atoms with Crippen LogP contribution in [0, 0.1) is 6.92 Å². The summed E-state index contributed by atoms with van der Waals surface area (Å²) in [5, 5.41) is 0.674. The van der Waals surface area contributed by atoms with Gasteiger partial charge in [0.1, 0.15) is 11.3 Å². The van der Waals surface area contributed by atoms with Crippen molar-refractivity contribution in [3.05, 3.63) is 69.9 Å². The Morgan fingerprint density at radius 3 is 2.31 bits per heavy atom. The number of nitrogens with zero attached hydrogens (tertiary/aromatic N) is 1. The molecule has 0 spiro atoms. The molecule has 3 aromatic rings. The molecule has 0 saturated heterocycles. The summed E-state index contributed by atoms with van der Waals surface area (Å²) < 4.78 is 6.10. The summed E-state index contributed by atoms with van der Waals surface area (Å²) in [4.78, 5) is 15.4. The lowest BCUT2D eigenvalue weighted by atomic mass is 10.0. The second-order valence-electron chi connectivity index (χ2n) is 6.86. The van der Waals surface area contributed by atoms with E-state index in [1.165, 1.54) is 5.56 Å². The molecule has 0 aliphatic rings. The molecule has 0 aliphatic heterocycles. The van der Waals surface area contributed by atoms with Crippen molar-refractivity contribution in [2.24, 2.45) is 0 Å². The summed E-state index contributed by atoms with van der Waals surface area (Å²) in [5.74, 6) is 0.662. The van der Waals surface area contributed by atoms with Gasteiger partial charge in [-0.1, -0.05) is 50.2 Å². The first kappa shape index (κ1) is 18.4. The molecular weight excluding hydrogens is 322 g/mol. The third-order valence-electron chi connectivity index (χ3n) is 4.70. The van der Waals surface area contributed by atoms with Crippen LogP contribution in [-0.2, 0) is 6.54 Å². The van der Waals surface area contributed by atoms with Crippen LogP contribution >= 0.6 is 0 Å². The van der Waals surface area contributed by atoms with E-state index in [1.54, 1.807) is 0 Å². The summed E-state index contributed by atoms with van der Waals surface area (Å²) in [7, 11) is 0. The van der Waals surface area contributed by atoms with E-state index in [9.17, 15) is 4.79 Å². The van der Waals surface area contributed by atoms with Gasteiger partial charge in [0.15, 0.2) is 5.43 Å². The Morgan fingerprint density at radius 1 is 0.962 bits per heavy atom. The lowest BCUT2D eigenvalue weighted by molar-refractivity contribution is 0.266. The van der Waals surface area contributed by atoms with Crippen molar-refractivity contribution in [3.8, 4) is 11.3 Å². The summed E-state index contributed by atoms with van der Waals surface area (Å²) in [6, 6.07) is 15.8. The number of hydrogen-bond acceptors (Lipinski definition) is 3. The van der Waals surface area contributed by atoms with Gasteiger partial charge in [-0.25, -0.2) is 0 Å². The van der Waals surface area contributed by atoms with Crippen LogP contribution in [0.4, 0.5) is 0 Å². The van der Waals surface area contributed by atoms with E-state index >= 15 is 0 Å². The van der Waals surface area contributed by atoms with Crippen LogP contribution in [0.15, 0.2) is 57.7 Å². The first-order chi connectivity index (χ1) is 12.6. The molecule has 0 radical (unpaired) electrons. The summed E-state index contributed by atoms with van der Waals surface area (Å²) in [6.07, 6.45) is 2.27. The molecular formula is C23H27NO2. The fourth-order valence-electron chi connectivity index (χ4n) is 3.46. The molecule has 0 amide bonds. The highest BCUT2D eigenvalue weighted by atomic mass is 16.3. The maximum Gasteiger partial charge on any atom is 0.196 e. The van der Waals surface area contributed by atoms with Gasteiger partial charge in [-0.2, -0.15) is 0 Å². The zero-order chi connectivity index (χ0) is 18.5. The van der Waals surface area contributed by atoms with Crippen LogP contribution in [0.2, 0.25) is 0 Å². The Kier molecular flexibility index (Phi) is 5.89. The highest BCUT2D eigenvalue weighted by molar-refractivity contribution is 5.81. The van der Waals surface area contributed by atoms with E-state index < -0.39 is 0 Å². The second kappa shape index (κ2) is 8.33. The Labute approximate surface area is 155 Å². The van der Waals surface area contributed by atoms with Crippen LogP contribution in [0.25, 0.3) is 22.3 Å². The number of fused-ring (bicyclic) bond motifs is 1.